The Hall–Kier alpha value is -1.80. The lowest BCUT2D eigenvalue weighted by Crippen LogP contribution is -2.18. The minimum Gasteiger partial charge on any atom is -0.502 e. The SMILES string of the molecule is CCOC(=O)/C(N=Nc1cc(Cl)ccc1Cl)=C(/O)C(F)(F)F. The van der Waals surface area contributed by atoms with Crippen molar-refractivity contribution in [2.75, 3.05) is 6.61 Å². The largest absolute Gasteiger partial charge is 0.502 e. The molecule has 1 aromatic rings. The fraction of sp³-hybridized carbons (Fsp3) is 0.250. The van der Waals surface area contributed by atoms with Crippen molar-refractivity contribution < 1.29 is 27.8 Å². The summed E-state index contributed by atoms with van der Waals surface area (Å²) in [6.07, 6.45) is -5.18. The van der Waals surface area contributed by atoms with E-state index in [-0.39, 0.29) is 22.3 Å². The van der Waals surface area contributed by atoms with Gasteiger partial charge in [-0.15, -0.1) is 10.2 Å². The molecule has 0 bridgehead atoms. The van der Waals surface area contributed by atoms with Crippen LogP contribution in [-0.2, 0) is 9.53 Å². The number of carbonyl (C=O) groups is 1. The van der Waals surface area contributed by atoms with Gasteiger partial charge in [0.2, 0.25) is 11.5 Å². The van der Waals surface area contributed by atoms with Gasteiger partial charge in [-0.05, 0) is 25.1 Å². The van der Waals surface area contributed by atoms with E-state index >= 15 is 0 Å². The van der Waals surface area contributed by atoms with E-state index in [1.807, 2.05) is 0 Å². The van der Waals surface area contributed by atoms with Crippen LogP contribution in [0.2, 0.25) is 10.0 Å². The molecule has 0 aliphatic heterocycles. The lowest BCUT2D eigenvalue weighted by Gasteiger charge is -2.08. The number of nitrogens with zero attached hydrogens (tertiary/aromatic N) is 2. The van der Waals surface area contributed by atoms with Gasteiger partial charge in [0.1, 0.15) is 5.69 Å². The van der Waals surface area contributed by atoms with E-state index in [1.165, 1.54) is 25.1 Å². The van der Waals surface area contributed by atoms with Crippen LogP contribution in [0, 0.1) is 0 Å². The standard InChI is InChI=1S/C12H9Cl2F3N2O3/c1-2-22-11(21)9(10(20)12(15,16)17)19-18-8-5-6(13)3-4-7(8)14/h3-5,20H,2H2,1H3/b10-9-,19-18?. The van der Waals surface area contributed by atoms with E-state index in [2.05, 4.69) is 15.0 Å². The number of alkyl halides is 3. The predicted molar refractivity (Wildman–Crippen MR) is 73.3 cm³/mol. The molecule has 1 rings (SSSR count). The molecule has 1 N–H and O–H groups in total. The maximum absolute atomic E-state index is 12.5. The van der Waals surface area contributed by atoms with Crippen molar-refractivity contribution in [3.8, 4) is 0 Å². The first-order valence-corrected chi connectivity index (χ1v) is 6.46. The van der Waals surface area contributed by atoms with E-state index in [9.17, 15) is 18.0 Å². The highest BCUT2D eigenvalue weighted by molar-refractivity contribution is 6.35. The van der Waals surface area contributed by atoms with Crippen molar-refractivity contribution in [3.05, 3.63) is 39.7 Å². The smallest absolute Gasteiger partial charge is 0.451 e. The normalized spacial score (nSPS) is 13.2. The van der Waals surface area contributed by atoms with Crippen LogP contribution < -0.4 is 0 Å². The molecule has 0 aliphatic carbocycles. The summed E-state index contributed by atoms with van der Waals surface area (Å²) in [5.41, 5.74) is -1.46. The van der Waals surface area contributed by atoms with Gasteiger partial charge >= 0.3 is 12.1 Å². The van der Waals surface area contributed by atoms with Crippen LogP contribution in [0.3, 0.4) is 0 Å². The maximum Gasteiger partial charge on any atom is 0.451 e. The van der Waals surface area contributed by atoms with Gasteiger partial charge in [0, 0.05) is 5.02 Å². The molecule has 0 atom stereocenters. The molecule has 10 heteroatoms. The first-order valence-electron chi connectivity index (χ1n) is 5.71. The highest BCUT2D eigenvalue weighted by atomic mass is 35.5. The first-order chi connectivity index (χ1) is 10.2. The van der Waals surface area contributed by atoms with Crippen molar-refractivity contribution in [1.29, 1.82) is 0 Å². The number of hydrogen-bond acceptors (Lipinski definition) is 5. The number of aliphatic hydroxyl groups excluding tert-OH is 1. The molecule has 0 saturated carbocycles. The van der Waals surface area contributed by atoms with Crippen LogP contribution in [0.15, 0.2) is 39.9 Å². The zero-order valence-corrected chi connectivity index (χ0v) is 12.5. The summed E-state index contributed by atoms with van der Waals surface area (Å²) in [4.78, 5) is 11.5. The van der Waals surface area contributed by atoms with Gasteiger partial charge in [0.25, 0.3) is 0 Å². The molecular weight excluding hydrogens is 348 g/mol. The molecule has 0 spiro atoms. The molecule has 0 unspecified atom stereocenters. The second-order valence-corrected chi connectivity index (χ2v) is 4.55. The van der Waals surface area contributed by atoms with Crippen LogP contribution in [0.4, 0.5) is 18.9 Å². The summed E-state index contributed by atoms with van der Waals surface area (Å²) in [7, 11) is 0. The minimum atomic E-state index is -5.18. The second kappa shape index (κ2) is 7.46. The van der Waals surface area contributed by atoms with Crippen molar-refractivity contribution >= 4 is 34.9 Å². The summed E-state index contributed by atoms with van der Waals surface area (Å²) in [6.45, 7) is 1.17. The molecule has 120 valence electrons. The van der Waals surface area contributed by atoms with Crippen LogP contribution in [-0.4, -0.2) is 23.9 Å². The van der Waals surface area contributed by atoms with Crippen molar-refractivity contribution in [2.24, 2.45) is 10.2 Å². The Morgan fingerprint density at radius 3 is 2.55 bits per heavy atom. The molecule has 1 aromatic carbocycles. The van der Waals surface area contributed by atoms with Gasteiger partial charge in [0.05, 0.1) is 11.6 Å². The Labute approximate surface area is 133 Å². The molecule has 0 amide bonds. The Morgan fingerprint density at radius 2 is 2.00 bits per heavy atom. The van der Waals surface area contributed by atoms with E-state index in [0.717, 1.165) is 0 Å². The number of benzene rings is 1. The maximum atomic E-state index is 12.5. The van der Waals surface area contributed by atoms with E-state index in [1.54, 1.807) is 0 Å². The van der Waals surface area contributed by atoms with Crippen molar-refractivity contribution in [3.63, 3.8) is 0 Å². The molecule has 0 aliphatic rings. The van der Waals surface area contributed by atoms with Gasteiger partial charge in [-0.1, -0.05) is 23.2 Å². The molecular formula is C12H9Cl2F3N2O3. The monoisotopic (exact) mass is 356 g/mol. The number of halogens is 5. The van der Waals surface area contributed by atoms with Crippen molar-refractivity contribution in [1.82, 2.24) is 0 Å². The third kappa shape index (κ3) is 4.88. The van der Waals surface area contributed by atoms with Gasteiger partial charge in [-0.3, -0.25) is 0 Å². The van der Waals surface area contributed by atoms with Gasteiger partial charge in [0.15, 0.2) is 0 Å². The van der Waals surface area contributed by atoms with Crippen LogP contribution in [0.5, 0.6) is 0 Å². The fourth-order valence-electron chi connectivity index (χ4n) is 1.18. The number of allylic oxidation sites excluding steroid dienone is 1. The second-order valence-electron chi connectivity index (χ2n) is 3.71. The molecule has 0 aromatic heterocycles. The molecule has 0 saturated heterocycles. The summed E-state index contributed by atoms with van der Waals surface area (Å²) in [5.74, 6) is -3.69. The van der Waals surface area contributed by atoms with E-state index in [4.69, 9.17) is 28.3 Å². The Morgan fingerprint density at radius 1 is 1.36 bits per heavy atom. The van der Waals surface area contributed by atoms with Crippen LogP contribution >= 0.6 is 23.2 Å². The third-order valence-corrected chi connectivity index (χ3v) is 2.68. The number of hydrogen-bond donors (Lipinski definition) is 1. The Kier molecular flexibility index (Phi) is 6.19. The minimum absolute atomic E-state index is 0.0443. The summed E-state index contributed by atoms with van der Waals surface area (Å²) in [6, 6.07) is 3.99. The average molecular weight is 357 g/mol. The molecule has 0 radical (unpaired) electrons. The number of ether oxygens (including phenoxy) is 1. The third-order valence-electron chi connectivity index (χ3n) is 2.13. The predicted octanol–water partition coefficient (Wildman–Crippen LogP) is 4.97. The van der Waals surface area contributed by atoms with E-state index in [0.29, 0.717) is 0 Å². The van der Waals surface area contributed by atoms with Crippen LogP contribution in [0.25, 0.3) is 0 Å². The zero-order chi connectivity index (χ0) is 16.9. The van der Waals surface area contributed by atoms with Crippen molar-refractivity contribution in [2.45, 2.75) is 13.1 Å². The molecule has 0 fully saturated rings. The molecule has 5 nitrogen and oxygen atoms in total. The highest BCUT2D eigenvalue weighted by Gasteiger charge is 2.39. The number of azo groups is 1. The van der Waals surface area contributed by atoms with Gasteiger partial charge in [-0.2, -0.15) is 13.2 Å². The average Bonchev–Trinajstić information content (AvgIpc) is 2.41. The number of aliphatic hydroxyl groups is 1. The zero-order valence-electron chi connectivity index (χ0n) is 11.0. The molecule has 22 heavy (non-hydrogen) atoms. The summed E-state index contributed by atoms with van der Waals surface area (Å²) < 4.78 is 41.9. The highest BCUT2D eigenvalue weighted by Crippen LogP contribution is 2.31. The Balaban J connectivity index is 3.27. The number of esters is 1. The van der Waals surface area contributed by atoms with E-state index < -0.39 is 23.6 Å². The summed E-state index contributed by atoms with van der Waals surface area (Å²) >= 11 is 11.4. The number of carbonyl (C=O) groups excluding carboxylic acids is 1. The van der Waals surface area contributed by atoms with Crippen LogP contribution in [0.1, 0.15) is 6.92 Å². The Bertz CT molecular complexity index is 631. The lowest BCUT2D eigenvalue weighted by atomic mass is 10.3. The lowest BCUT2D eigenvalue weighted by molar-refractivity contribution is -0.143. The topological polar surface area (TPSA) is 71.2 Å². The molecule has 0 heterocycles. The quantitative estimate of drug-likeness (QED) is 0.358. The fourth-order valence-corrected chi connectivity index (χ4v) is 1.51. The first kappa shape index (κ1) is 18.2. The number of rotatable bonds is 4. The van der Waals surface area contributed by atoms with Gasteiger partial charge < -0.3 is 9.84 Å². The summed E-state index contributed by atoms with van der Waals surface area (Å²) in [5, 5.41) is 15.8. The van der Waals surface area contributed by atoms with Gasteiger partial charge in [-0.25, -0.2) is 4.79 Å².